The molecule has 7 nitrogen and oxygen atoms in total. The largest absolute Gasteiger partial charge is 0.469 e. The van der Waals surface area contributed by atoms with Crippen LogP contribution >= 0.6 is 11.8 Å². The van der Waals surface area contributed by atoms with E-state index in [9.17, 15) is 4.79 Å². The Morgan fingerprint density at radius 3 is 2.81 bits per heavy atom. The van der Waals surface area contributed by atoms with Crippen LogP contribution in [0.3, 0.4) is 0 Å². The first-order valence-electron chi connectivity index (χ1n) is 8.02. The number of benzene rings is 1. The molecule has 2 aromatic heterocycles. The maximum Gasteiger partial charge on any atom is 0.230 e. The minimum atomic E-state index is -0.145. The Kier molecular flexibility index (Phi) is 5.71. The van der Waals surface area contributed by atoms with Crippen molar-refractivity contribution < 1.29 is 9.21 Å². The maximum absolute atomic E-state index is 11.9. The van der Waals surface area contributed by atoms with Crippen LogP contribution in [0.5, 0.6) is 0 Å². The second-order valence-electron chi connectivity index (χ2n) is 5.41. The predicted molar refractivity (Wildman–Crippen MR) is 97.8 cm³/mol. The molecule has 0 saturated heterocycles. The molecule has 0 fully saturated rings. The van der Waals surface area contributed by atoms with Gasteiger partial charge in [0.25, 0.3) is 0 Å². The quantitative estimate of drug-likeness (QED) is 0.509. The Bertz CT molecular complexity index is 927. The number of thioether (sulfide) groups is 1. The number of hydrogen-bond acceptors (Lipinski definition) is 6. The van der Waals surface area contributed by atoms with Gasteiger partial charge in [-0.25, -0.2) is 0 Å². The molecule has 0 atom stereocenters. The number of amides is 1. The van der Waals surface area contributed by atoms with Crippen LogP contribution in [0.15, 0.2) is 52.2 Å². The van der Waals surface area contributed by atoms with Crippen molar-refractivity contribution in [2.45, 2.75) is 18.5 Å². The Morgan fingerprint density at radius 2 is 2.12 bits per heavy atom. The zero-order valence-electron chi connectivity index (χ0n) is 14.2. The highest BCUT2D eigenvalue weighted by Gasteiger charge is 2.19. The molecule has 0 saturated carbocycles. The molecular formula is C18H17N5O2S. The number of para-hydroxylation sites is 1. The summed E-state index contributed by atoms with van der Waals surface area (Å²) in [4.78, 5) is 11.9. The number of carbonyl (C=O) groups excluding carboxylic acids is 1. The summed E-state index contributed by atoms with van der Waals surface area (Å²) in [6, 6.07) is 13.6. The van der Waals surface area contributed by atoms with Gasteiger partial charge in [-0.1, -0.05) is 30.0 Å². The minimum Gasteiger partial charge on any atom is -0.469 e. The van der Waals surface area contributed by atoms with Gasteiger partial charge in [-0.3, -0.25) is 9.36 Å². The van der Waals surface area contributed by atoms with Crippen LogP contribution in [0.1, 0.15) is 12.2 Å². The molecular weight excluding hydrogens is 350 g/mol. The molecule has 0 radical (unpaired) electrons. The van der Waals surface area contributed by atoms with Crippen molar-refractivity contribution in [3.8, 4) is 23.1 Å². The molecule has 132 valence electrons. The normalized spacial score (nSPS) is 10.5. The van der Waals surface area contributed by atoms with Crippen molar-refractivity contribution in [1.82, 2.24) is 20.1 Å². The lowest BCUT2D eigenvalue weighted by molar-refractivity contribution is -0.118. The number of nitriles is 1. The fourth-order valence-electron chi connectivity index (χ4n) is 2.40. The van der Waals surface area contributed by atoms with Crippen LogP contribution in [-0.4, -0.2) is 33.0 Å². The number of nitrogens with zero attached hydrogens (tertiary/aromatic N) is 4. The molecule has 1 amide bonds. The Hall–Kier alpha value is -3.05. The van der Waals surface area contributed by atoms with Crippen LogP contribution < -0.4 is 5.32 Å². The van der Waals surface area contributed by atoms with Crippen LogP contribution in [0.2, 0.25) is 0 Å². The minimum absolute atomic E-state index is 0.145. The SMILES string of the molecule is Cc1occc1-c1nnc(SCC(=O)NCCC#N)n1-c1ccccc1. The predicted octanol–water partition coefficient (Wildman–Crippen LogP) is 2.96. The lowest BCUT2D eigenvalue weighted by Crippen LogP contribution is -2.26. The van der Waals surface area contributed by atoms with E-state index in [-0.39, 0.29) is 11.7 Å². The zero-order chi connectivity index (χ0) is 18.4. The van der Waals surface area contributed by atoms with E-state index in [4.69, 9.17) is 9.68 Å². The van der Waals surface area contributed by atoms with Gasteiger partial charge in [-0.2, -0.15) is 5.26 Å². The fraction of sp³-hybridized carbons (Fsp3) is 0.222. The molecule has 1 N–H and O–H groups in total. The monoisotopic (exact) mass is 367 g/mol. The number of furan rings is 1. The maximum atomic E-state index is 11.9. The number of rotatable bonds is 7. The summed E-state index contributed by atoms with van der Waals surface area (Å²) in [5.41, 5.74) is 1.76. The topological polar surface area (TPSA) is 96.7 Å². The standard InChI is InChI=1S/C18H17N5O2S/c1-13-15(8-11-25-13)17-21-22-18(23(17)14-6-3-2-4-7-14)26-12-16(24)20-10-5-9-19/h2-4,6-8,11H,5,10,12H2,1H3,(H,20,24). The molecule has 1 aromatic carbocycles. The second-order valence-corrected chi connectivity index (χ2v) is 6.36. The van der Waals surface area contributed by atoms with Crippen molar-refractivity contribution in [2.75, 3.05) is 12.3 Å². The van der Waals surface area contributed by atoms with E-state index in [0.29, 0.717) is 23.9 Å². The van der Waals surface area contributed by atoms with Crippen molar-refractivity contribution in [2.24, 2.45) is 0 Å². The summed E-state index contributed by atoms with van der Waals surface area (Å²) in [6.07, 6.45) is 1.91. The van der Waals surface area contributed by atoms with E-state index in [1.54, 1.807) is 6.26 Å². The summed E-state index contributed by atoms with van der Waals surface area (Å²) in [5, 5.41) is 20.4. The Balaban J connectivity index is 1.87. The molecule has 2 heterocycles. The third-order valence-corrected chi connectivity index (χ3v) is 4.57. The summed E-state index contributed by atoms with van der Waals surface area (Å²) in [7, 11) is 0. The summed E-state index contributed by atoms with van der Waals surface area (Å²) < 4.78 is 7.30. The number of aromatic nitrogens is 3. The summed E-state index contributed by atoms with van der Waals surface area (Å²) >= 11 is 1.30. The van der Waals surface area contributed by atoms with Crippen molar-refractivity contribution in [3.63, 3.8) is 0 Å². The molecule has 26 heavy (non-hydrogen) atoms. The third-order valence-electron chi connectivity index (χ3n) is 3.64. The van der Waals surface area contributed by atoms with E-state index in [1.165, 1.54) is 11.8 Å². The highest BCUT2D eigenvalue weighted by molar-refractivity contribution is 7.99. The van der Waals surface area contributed by atoms with Crippen molar-refractivity contribution >= 4 is 17.7 Å². The average molecular weight is 367 g/mol. The van der Waals surface area contributed by atoms with Gasteiger partial charge >= 0.3 is 0 Å². The van der Waals surface area contributed by atoms with Crippen LogP contribution in [0.4, 0.5) is 0 Å². The highest BCUT2D eigenvalue weighted by Crippen LogP contribution is 2.30. The first kappa shape index (κ1) is 17.8. The highest BCUT2D eigenvalue weighted by atomic mass is 32.2. The molecule has 0 aliphatic carbocycles. The van der Waals surface area contributed by atoms with E-state index < -0.39 is 0 Å². The molecule has 0 bridgehead atoms. The fourth-order valence-corrected chi connectivity index (χ4v) is 3.19. The van der Waals surface area contributed by atoms with Gasteiger partial charge in [0.15, 0.2) is 11.0 Å². The first-order valence-corrected chi connectivity index (χ1v) is 9.01. The Morgan fingerprint density at radius 1 is 1.31 bits per heavy atom. The van der Waals surface area contributed by atoms with Crippen LogP contribution in [0.25, 0.3) is 17.1 Å². The molecule has 0 unspecified atom stereocenters. The third kappa shape index (κ3) is 3.95. The number of carbonyl (C=O) groups is 1. The van der Waals surface area contributed by atoms with Gasteiger partial charge < -0.3 is 9.73 Å². The van der Waals surface area contributed by atoms with Crippen LogP contribution in [-0.2, 0) is 4.79 Å². The Labute approximate surface area is 155 Å². The van der Waals surface area contributed by atoms with Gasteiger partial charge in [0, 0.05) is 12.2 Å². The average Bonchev–Trinajstić information content (AvgIpc) is 3.26. The number of hydrogen-bond donors (Lipinski definition) is 1. The number of nitrogens with one attached hydrogen (secondary N) is 1. The lowest BCUT2D eigenvalue weighted by Gasteiger charge is -2.09. The van der Waals surface area contributed by atoms with Gasteiger partial charge in [-0.05, 0) is 25.1 Å². The second kappa shape index (κ2) is 8.36. The van der Waals surface area contributed by atoms with Gasteiger partial charge in [0.2, 0.25) is 5.91 Å². The van der Waals surface area contributed by atoms with Gasteiger partial charge in [0.1, 0.15) is 5.76 Å². The van der Waals surface area contributed by atoms with Crippen molar-refractivity contribution in [1.29, 1.82) is 5.26 Å². The smallest absolute Gasteiger partial charge is 0.230 e. The van der Waals surface area contributed by atoms with E-state index >= 15 is 0 Å². The molecule has 0 spiro atoms. The van der Waals surface area contributed by atoms with E-state index in [2.05, 4.69) is 15.5 Å². The van der Waals surface area contributed by atoms with E-state index in [0.717, 1.165) is 17.0 Å². The van der Waals surface area contributed by atoms with Crippen molar-refractivity contribution in [3.05, 3.63) is 48.4 Å². The molecule has 0 aliphatic rings. The first-order chi connectivity index (χ1) is 12.7. The number of aryl methyl sites for hydroxylation is 1. The molecule has 0 aliphatic heterocycles. The van der Waals surface area contributed by atoms with Crippen LogP contribution in [0, 0.1) is 18.3 Å². The molecule has 3 aromatic rings. The van der Waals surface area contributed by atoms with Gasteiger partial charge in [-0.15, -0.1) is 10.2 Å². The summed E-state index contributed by atoms with van der Waals surface area (Å²) in [5.74, 6) is 1.46. The summed E-state index contributed by atoms with van der Waals surface area (Å²) in [6.45, 7) is 2.22. The van der Waals surface area contributed by atoms with Gasteiger partial charge in [0.05, 0.1) is 30.1 Å². The molecule has 8 heteroatoms. The lowest BCUT2D eigenvalue weighted by atomic mass is 10.2. The van der Waals surface area contributed by atoms with E-state index in [1.807, 2.05) is 54.0 Å². The zero-order valence-corrected chi connectivity index (χ0v) is 15.0. The molecule has 3 rings (SSSR count).